The number of hydrogen-bond acceptors (Lipinski definition) is 3. The summed E-state index contributed by atoms with van der Waals surface area (Å²) in [6.07, 6.45) is -1.87. The van der Waals surface area contributed by atoms with Crippen molar-refractivity contribution in [2.24, 2.45) is 0 Å². The van der Waals surface area contributed by atoms with Gasteiger partial charge in [-0.2, -0.15) is 0 Å². The van der Waals surface area contributed by atoms with Crippen molar-refractivity contribution >= 4 is 5.97 Å². The number of benzene rings is 1. The number of carbonyl (C=O) groups is 1. The molecule has 104 valence electrons. The molecule has 1 aliphatic rings. The van der Waals surface area contributed by atoms with Crippen LogP contribution in [0.3, 0.4) is 0 Å². The van der Waals surface area contributed by atoms with E-state index >= 15 is 0 Å². The maximum atomic E-state index is 13.0. The molecule has 1 aromatic rings. The molecule has 0 heterocycles. The molecule has 0 aliphatic heterocycles. The van der Waals surface area contributed by atoms with Crippen LogP contribution in [0.15, 0.2) is 12.1 Å². The molecule has 1 N–H and O–H groups in total. The van der Waals surface area contributed by atoms with Crippen LogP contribution in [0, 0.1) is 0 Å². The molecule has 0 aromatic heterocycles. The molecule has 0 saturated heterocycles. The molecular weight excluding hydrogens is 258 g/mol. The molecule has 0 bridgehead atoms. The Kier molecular flexibility index (Phi) is 3.34. The fourth-order valence-electron chi connectivity index (χ4n) is 2.18. The van der Waals surface area contributed by atoms with E-state index in [1.165, 1.54) is 26.4 Å². The first kappa shape index (κ1) is 13.6. The van der Waals surface area contributed by atoms with E-state index in [-0.39, 0.29) is 17.1 Å². The van der Waals surface area contributed by atoms with Crippen LogP contribution in [0.1, 0.15) is 30.4 Å². The van der Waals surface area contributed by atoms with E-state index in [0.717, 1.165) is 0 Å². The molecule has 1 saturated carbocycles. The fourth-order valence-corrected chi connectivity index (χ4v) is 2.18. The third-order valence-corrected chi connectivity index (χ3v) is 3.45. The lowest BCUT2D eigenvalue weighted by molar-refractivity contribution is -0.140. The number of halogens is 2. The lowest BCUT2D eigenvalue weighted by atomic mass is 9.93. The van der Waals surface area contributed by atoms with Crippen molar-refractivity contribution in [1.29, 1.82) is 0 Å². The number of rotatable bonds is 5. The maximum absolute atomic E-state index is 13.0. The minimum atomic E-state index is -2.76. The Hall–Kier alpha value is -1.85. The highest BCUT2D eigenvalue weighted by Gasteiger charge is 2.52. The van der Waals surface area contributed by atoms with Gasteiger partial charge in [-0.3, -0.25) is 4.79 Å². The highest BCUT2D eigenvalue weighted by atomic mass is 19.3. The highest BCUT2D eigenvalue weighted by molar-refractivity contribution is 5.85. The molecule has 1 aliphatic carbocycles. The summed E-state index contributed by atoms with van der Waals surface area (Å²) in [4.78, 5) is 11.3. The van der Waals surface area contributed by atoms with E-state index in [2.05, 4.69) is 0 Å². The highest BCUT2D eigenvalue weighted by Crippen LogP contribution is 2.51. The Balaban J connectivity index is 2.59. The SMILES string of the molecule is COc1cc(C2(C(=O)O)CC2)cc(C(F)F)c1OC. The fraction of sp³-hybridized carbons (Fsp3) is 0.462. The van der Waals surface area contributed by atoms with Crippen molar-refractivity contribution < 1.29 is 28.2 Å². The minimum Gasteiger partial charge on any atom is -0.493 e. The van der Waals surface area contributed by atoms with Gasteiger partial charge >= 0.3 is 5.97 Å². The quantitative estimate of drug-likeness (QED) is 0.895. The van der Waals surface area contributed by atoms with Gasteiger partial charge in [-0.1, -0.05) is 0 Å². The minimum absolute atomic E-state index is 0.0533. The number of methoxy groups -OCH3 is 2. The second kappa shape index (κ2) is 4.68. The summed E-state index contributed by atoms with van der Waals surface area (Å²) < 4.78 is 36.0. The van der Waals surface area contributed by atoms with Crippen molar-refractivity contribution in [3.8, 4) is 11.5 Å². The molecule has 4 nitrogen and oxygen atoms in total. The van der Waals surface area contributed by atoms with Gasteiger partial charge in [0.05, 0.1) is 25.2 Å². The van der Waals surface area contributed by atoms with Crippen LogP contribution in [0.4, 0.5) is 8.78 Å². The standard InChI is InChI=1S/C13H14F2O4/c1-18-9-6-7(13(3-4-13)12(16)17)5-8(11(14)15)10(9)19-2/h5-6,11H,3-4H2,1-2H3,(H,16,17). The average Bonchev–Trinajstić information content (AvgIpc) is 3.18. The zero-order valence-electron chi connectivity index (χ0n) is 10.6. The van der Waals surface area contributed by atoms with Crippen LogP contribution in [-0.4, -0.2) is 25.3 Å². The molecular formula is C13H14F2O4. The van der Waals surface area contributed by atoms with Gasteiger partial charge in [0, 0.05) is 0 Å². The molecule has 0 radical (unpaired) electrons. The van der Waals surface area contributed by atoms with Gasteiger partial charge < -0.3 is 14.6 Å². The van der Waals surface area contributed by atoms with Gasteiger partial charge in [-0.05, 0) is 30.5 Å². The predicted octanol–water partition coefficient (Wildman–Crippen LogP) is 2.76. The first-order valence-corrected chi connectivity index (χ1v) is 5.74. The molecule has 1 aromatic carbocycles. The smallest absolute Gasteiger partial charge is 0.314 e. The van der Waals surface area contributed by atoms with Crippen LogP contribution >= 0.6 is 0 Å². The monoisotopic (exact) mass is 272 g/mol. The summed E-state index contributed by atoms with van der Waals surface area (Å²) >= 11 is 0. The van der Waals surface area contributed by atoms with E-state index in [0.29, 0.717) is 18.4 Å². The lowest BCUT2D eigenvalue weighted by Crippen LogP contribution is -2.20. The Labute approximate surface area is 108 Å². The zero-order chi connectivity index (χ0) is 14.2. The number of alkyl halides is 2. The van der Waals surface area contributed by atoms with Gasteiger partial charge in [0.15, 0.2) is 11.5 Å². The third-order valence-electron chi connectivity index (χ3n) is 3.45. The summed E-state index contributed by atoms with van der Waals surface area (Å²) in [6.45, 7) is 0. The Bertz CT molecular complexity index is 510. The van der Waals surface area contributed by atoms with Crippen LogP contribution in [-0.2, 0) is 10.2 Å². The molecule has 0 spiro atoms. The van der Waals surface area contributed by atoms with Crippen molar-refractivity contribution in [3.63, 3.8) is 0 Å². The number of carboxylic acid groups (broad SMARTS) is 1. The summed E-state index contributed by atoms with van der Waals surface area (Å²) in [5.74, 6) is -0.926. The Morgan fingerprint density at radius 3 is 2.32 bits per heavy atom. The van der Waals surface area contributed by atoms with Crippen LogP contribution in [0.2, 0.25) is 0 Å². The Morgan fingerprint density at radius 1 is 1.32 bits per heavy atom. The van der Waals surface area contributed by atoms with E-state index in [4.69, 9.17) is 9.47 Å². The summed E-state index contributed by atoms with van der Waals surface area (Å²) in [7, 11) is 2.60. The van der Waals surface area contributed by atoms with E-state index in [9.17, 15) is 18.7 Å². The van der Waals surface area contributed by atoms with Crippen LogP contribution in [0.5, 0.6) is 11.5 Å². The predicted molar refractivity (Wildman–Crippen MR) is 63.1 cm³/mol. The first-order chi connectivity index (χ1) is 8.96. The largest absolute Gasteiger partial charge is 0.493 e. The van der Waals surface area contributed by atoms with Gasteiger partial charge in [0.25, 0.3) is 6.43 Å². The first-order valence-electron chi connectivity index (χ1n) is 5.74. The lowest BCUT2D eigenvalue weighted by Gasteiger charge is -2.17. The van der Waals surface area contributed by atoms with Crippen molar-refractivity contribution in [1.82, 2.24) is 0 Å². The summed E-state index contributed by atoms with van der Waals surface area (Å²) in [5, 5.41) is 9.22. The number of aliphatic carboxylic acids is 1. The second-order valence-corrected chi connectivity index (χ2v) is 4.49. The van der Waals surface area contributed by atoms with Gasteiger partial charge in [-0.25, -0.2) is 8.78 Å². The number of carboxylic acids is 1. The molecule has 2 rings (SSSR count). The molecule has 0 unspecified atom stereocenters. The molecule has 19 heavy (non-hydrogen) atoms. The Morgan fingerprint density at radius 2 is 1.95 bits per heavy atom. The molecule has 0 amide bonds. The van der Waals surface area contributed by atoms with Crippen molar-refractivity contribution in [3.05, 3.63) is 23.3 Å². The second-order valence-electron chi connectivity index (χ2n) is 4.49. The summed E-state index contributed by atoms with van der Waals surface area (Å²) in [5.41, 5.74) is -1.05. The zero-order valence-corrected chi connectivity index (χ0v) is 10.6. The number of hydrogen-bond donors (Lipinski definition) is 1. The van der Waals surface area contributed by atoms with Crippen LogP contribution in [0.25, 0.3) is 0 Å². The third kappa shape index (κ3) is 2.11. The van der Waals surface area contributed by atoms with Crippen molar-refractivity contribution in [2.75, 3.05) is 14.2 Å². The molecule has 0 atom stereocenters. The van der Waals surface area contributed by atoms with E-state index in [1.807, 2.05) is 0 Å². The normalized spacial score (nSPS) is 16.3. The molecule has 1 fully saturated rings. The van der Waals surface area contributed by atoms with E-state index in [1.54, 1.807) is 0 Å². The maximum Gasteiger partial charge on any atom is 0.314 e. The number of ether oxygens (including phenoxy) is 2. The average molecular weight is 272 g/mol. The van der Waals surface area contributed by atoms with Gasteiger partial charge in [0.1, 0.15) is 0 Å². The topological polar surface area (TPSA) is 55.8 Å². The van der Waals surface area contributed by atoms with Crippen LogP contribution < -0.4 is 9.47 Å². The summed E-state index contributed by atoms with van der Waals surface area (Å²) in [6, 6.07) is 2.67. The van der Waals surface area contributed by atoms with Crippen molar-refractivity contribution in [2.45, 2.75) is 24.7 Å². The molecule has 6 heteroatoms. The van der Waals surface area contributed by atoms with Gasteiger partial charge in [-0.15, -0.1) is 0 Å². The van der Waals surface area contributed by atoms with Gasteiger partial charge in [0.2, 0.25) is 0 Å². The van der Waals surface area contributed by atoms with E-state index < -0.39 is 17.8 Å².